The number of hydrogen-bond donors (Lipinski definition) is 1. The normalized spacial score (nSPS) is 20.9. The van der Waals surface area contributed by atoms with Gasteiger partial charge in [-0.1, -0.05) is 6.07 Å². The number of nitrogens with one attached hydrogen (secondary N) is 1. The Labute approximate surface area is 116 Å². The van der Waals surface area contributed by atoms with E-state index in [1.807, 2.05) is 0 Å². The van der Waals surface area contributed by atoms with Crippen molar-refractivity contribution in [2.24, 2.45) is 0 Å². The first-order chi connectivity index (χ1) is 9.11. The molecule has 1 fully saturated rings. The van der Waals surface area contributed by atoms with Gasteiger partial charge in [0.05, 0.1) is 7.11 Å². The molecule has 1 N–H and O–H groups in total. The highest BCUT2D eigenvalue weighted by Crippen LogP contribution is 2.30. The van der Waals surface area contributed by atoms with E-state index < -0.39 is 0 Å². The largest absolute Gasteiger partial charge is 0.496 e. The van der Waals surface area contributed by atoms with Crippen molar-refractivity contribution < 1.29 is 4.74 Å². The lowest BCUT2D eigenvalue weighted by molar-refractivity contribution is 0.348. The minimum absolute atomic E-state index is 0.580. The van der Waals surface area contributed by atoms with Crippen LogP contribution in [0.15, 0.2) is 12.1 Å². The highest BCUT2D eigenvalue weighted by Gasteiger charge is 2.16. The fourth-order valence-corrected chi connectivity index (χ4v) is 2.90. The molecule has 0 spiro atoms. The Morgan fingerprint density at radius 2 is 2.00 bits per heavy atom. The highest BCUT2D eigenvalue weighted by atomic mass is 16.5. The summed E-state index contributed by atoms with van der Waals surface area (Å²) in [4.78, 5) is 2.42. The van der Waals surface area contributed by atoms with Crippen molar-refractivity contribution in [3.05, 3.63) is 23.3 Å². The number of aryl methyl sites for hydroxylation is 1. The second-order valence-electron chi connectivity index (χ2n) is 5.66. The number of hydrogen-bond acceptors (Lipinski definition) is 3. The fraction of sp³-hybridized carbons (Fsp3) is 0.625. The maximum absolute atomic E-state index is 5.50. The molecule has 3 heteroatoms. The molecule has 0 aromatic heterocycles. The van der Waals surface area contributed by atoms with Crippen molar-refractivity contribution in [2.75, 3.05) is 32.6 Å². The van der Waals surface area contributed by atoms with Crippen LogP contribution in [0, 0.1) is 13.8 Å². The smallest absolute Gasteiger partial charge is 0.126 e. The summed E-state index contributed by atoms with van der Waals surface area (Å²) in [6, 6.07) is 4.90. The zero-order valence-electron chi connectivity index (χ0n) is 12.6. The summed E-state index contributed by atoms with van der Waals surface area (Å²) >= 11 is 0. The standard InChI is InChI=1S/C16H26N2O/c1-12-7-8-15(13(2)16(12)19-4)17-14-6-5-10-18(3)11-9-14/h7-8,14,17H,5-6,9-11H2,1-4H3. The minimum atomic E-state index is 0.580. The molecule has 2 rings (SSSR count). The molecule has 19 heavy (non-hydrogen) atoms. The molecule has 1 heterocycles. The van der Waals surface area contributed by atoms with Crippen molar-refractivity contribution in [1.29, 1.82) is 0 Å². The van der Waals surface area contributed by atoms with Gasteiger partial charge in [0.1, 0.15) is 5.75 Å². The molecular formula is C16H26N2O. The Morgan fingerprint density at radius 1 is 1.21 bits per heavy atom. The van der Waals surface area contributed by atoms with Gasteiger partial charge >= 0.3 is 0 Å². The first-order valence-electron chi connectivity index (χ1n) is 7.21. The molecule has 1 unspecified atom stereocenters. The maximum atomic E-state index is 5.50. The Kier molecular flexibility index (Phi) is 4.70. The number of nitrogens with zero attached hydrogens (tertiary/aromatic N) is 1. The third kappa shape index (κ3) is 3.41. The molecule has 1 atom stereocenters. The number of anilines is 1. The van der Waals surface area contributed by atoms with Gasteiger partial charge in [-0.05, 0) is 64.9 Å². The van der Waals surface area contributed by atoms with Crippen molar-refractivity contribution in [3.8, 4) is 5.75 Å². The SMILES string of the molecule is COc1c(C)ccc(NC2CCCN(C)CC2)c1C. The van der Waals surface area contributed by atoms with E-state index in [1.165, 1.54) is 49.2 Å². The monoisotopic (exact) mass is 262 g/mol. The number of ether oxygens (including phenoxy) is 1. The maximum Gasteiger partial charge on any atom is 0.126 e. The molecule has 1 aromatic rings. The molecule has 0 saturated carbocycles. The molecular weight excluding hydrogens is 236 g/mol. The van der Waals surface area contributed by atoms with E-state index in [2.05, 4.69) is 43.2 Å². The second-order valence-corrected chi connectivity index (χ2v) is 5.66. The average molecular weight is 262 g/mol. The Bertz CT molecular complexity index is 431. The van der Waals surface area contributed by atoms with Crippen LogP contribution in [0.4, 0.5) is 5.69 Å². The van der Waals surface area contributed by atoms with Gasteiger partial charge in [-0.15, -0.1) is 0 Å². The topological polar surface area (TPSA) is 24.5 Å². The summed E-state index contributed by atoms with van der Waals surface area (Å²) in [6.07, 6.45) is 3.74. The Balaban J connectivity index is 2.10. The van der Waals surface area contributed by atoms with E-state index in [1.54, 1.807) is 7.11 Å². The van der Waals surface area contributed by atoms with E-state index >= 15 is 0 Å². The van der Waals surface area contributed by atoms with Crippen LogP contribution in [0.25, 0.3) is 0 Å². The van der Waals surface area contributed by atoms with Gasteiger partial charge in [-0.3, -0.25) is 0 Å². The predicted molar refractivity (Wildman–Crippen MR) is 81.2 cm³/mol. The summed E-state index contributed by atoms with van der Waals surface area (Å²) in [5, 5.41) is 3.70. The van der Waals surface area contributed by atoms with Gasteiger partial charge in [0.2, 0.25) is 0 Å². The van der Waals surface area contributed by atoms with Gasteiger partial charge in [-0.25, -0.2) is 0 Å². The fourth-order valence-electron chi connectivity index (χ4n) is 2.90. The van der Waals surface area contributed by atoms with Gasteiger partial charge < -0.3 is 15.0 Å². The van der Waals surface area contributed by atoms with Crippen LogP contribution in [0.3, 0.4) is 0 Å². The van der Waals surface area contributed by atoms with Crippen LogP contribution in [-0.4, -0.2) is 38.2 Å². The van der Waals surface area contributed by atoms with E-state index in [-0.39, 0.29) is 0 Å². The van der Waals surface area contributed by atoms with Crippen LogP contribution in [0.2, 0.25) is 0 Å². The summed E-state index contributed by atoms with van der Waals surface area (Å²) in [6.45, 7) is 6.63. The minimum Gasteiger partial charge on any atom is -0.496 e. The Morgan fingerprint density at radius 3 is 2.74 bits per heavy atom. The number of rotatable bonds is 3. The first kappa shape index (κ1) is 14.2. The zero-order valence-corrected chi connectivity index (χ0v) is 12.6. The van der Waals surface area contributed by atoms with E-state index in [9.17, 15) is 0 Å². The van der Waals surface area contributed by atoms with Crippen LogP contribution < -0.4 is 10.1 Å². The van der Waals surface area contributed by atoms with Crippen molar-refractivity contribution >= 4 is 5.69 Å². The van der Waals surface area contributed by atoms with E-state index in [4.69, 9.17) is 4.74 Å². The van der Waals surface area contributed by atoms with Gasteiger partial charge in [0, 0.05) is 17.3 Å². The number of methoxy groups -OCH3 is 1. The van der Waals surface area contributed by atoms with E-state index in [0.29, 0.717) is 6.04 Å². The summed E-state index contributed by atoms with van der Waals surface area (Å²) < 4.78 is 5.50. The van der Waals surface area contributed by atoms with Crippen LogP contribution in [0.1, 0.15) is 30.4 Å². The molecule has 1 aromatic carbocycles. The van der Waals surface area contributed by atoms with Gasteiger partial charge in [0.15, 0.2) is 0 Å². The molecule has 0 bridgehead atoms. The third-order valence-corrected chi connectivity index (χ3v) is 4.12. The Hall–Kier alpha value is -1.22. The lowest BCUT2D eigenvalue weighted by atomic mass is 10.1. The van der Waals surface area contributed by atoms with Crippen LogP contribution in [-0.2, 0) is 0 Å². The summed E-state index contributed by atoms with van der Waals surface area (Å²) in [5.74, 6) is 1.01. The van der Waals surface area contributed by atoms with Crippen molar-refractivity contribution in [1.82, 2.24) is 4.90 Å². The molecule has 0 amide bonds. The molecule has 1 aliphatic heterocycles. The molecule has 0 aliphatic carbocycles. The van der Waals surface area contributed by atoms with E-state index in [0.717, 1.165) is 5.75 Å². The lowest BCUT2D eigenvalue weighted by Gasteiger charge is -2.21. The summed E-state index contributed by atoms with van der Waals surface area (Å²) in [7, 11) is 3.96. The molecule has 3 nitrogen and oxygen atoms in total. The first-order valence-corrected chi connectivity index (χ1v) is 7.21. The zero-order chi connectivity index (χ0) is 13.8. The van der Waals surface area contributed by atoms with Crippen molar-refractivity contribution in [2.45, 2.75) is 39.2 Å². The predicted octanol–water partition coefficient (Wildman–Crippen LogP) is 3.21. The van der Waals surface area contributed by atoms with Gasteiger partial charge in [-0.2, -0.15) is 0 Å². The average Bonchev–Trinajstić information content (AvgIpc) is 2.59. The quantitative estimate of drug-likeness (QED) is 0.905. The number of likely N-dealkylation sites (tertiary alicyclic amines) is 1. The molecule has 106 valence electrons. The molecule has 1 aliphatic rings. The third-order valence-electron chi connectivity index (χ3n) is 4.12. The lowest BCUT2D eigenvalue weighted by Crippen LogP contribution is -2.23. The molecule has 1 saturated heterocycles. The van der Waals surface area contributed by atoms with Crippen LogP contribution >= 0.6 is 0 Å². The van der Waals surface area contributed by atoms with Gasteiger partial charge in [0.25, 0.3) is 0 Å². The van der Waals surface area contributed by atoms with Crippen LogP contribution in [0.5, 0.6) is 5.75 Å². The molecule has 0 radical (unpaired) electrons. The van der Waals surface area contributed by atoms with Crippen molar-refractivity contribution in [3.63, 3.8) is 0 Å². The second kappa shape index (κ2) is 6.29. The summed E-state index contributed by atoms with van der Waals surface area (Å²) in [5.41, 5.74) is 3.64. The highest BCUT2D eigenvalue weighted by molar-refractivity contribution is 5.60. The number of benzene rings is 1.